The van der Waals surface area contributed by atoms with E-state index < -0.39 is 0 Å². The molecule has 15 heavy (non-hydrogen) atoms. The van der Waals surface area contributed by atoms with E-state index in [4.69, 9.17) is 4.74 Å². The van der Waals surface area contributed by atoms with Crippen LogP contribution >= 0.6 is 0 Å². The van der Waals surface area contributed by atoms with Crippen LogP contribution in [0, 0.1) is 0 Å². The van der Waals surface area contributed by atoms with E-state index in [1.165, 1.54) is 6.08 Å². The number of amides is 1. The molecular weight excluding hydrogens is 192 g/mol. The van der Waals surface area contributed by atoms with Crippen LogP contribution in [0.5, 0.6) is 0 Å². The molecule has 1 rings (SSSR count). The number of aromatic nitrogens is 1. The molecule has 1 N–H and O–H groups in total. The van der Waals surface area contributed by atoms with E-state index in [9.17, 15) is 4.79 Å². The fourth-order valence-electron chi connectivity index (χ4n) is 1.17. The molecule has 0 aliphatic rings. The zero-order valence-electron chi connectivity index (χ0n) is 8.69. The van der Waals surface area contributed by atoms with Crippen molar-refractivity contribution in [1.82, 2.24) is 10.3 Å². The number of methoxy groups -OCH3 is 1. The Morgan fingerprint density at radius 2 is 2.47 bits per heavy atom. The van der Waals surface area contributed by atoms with Crippen LogP contribution in [0.15, 0.2) is 31.1 Å². The maximum Gasteiger partial charge on any atom is 0.243 e. The molecule has 0 aliphatic heterocycles. The standard InChI is InChI=1S/C11H14N2O2/c1-3-11(14)13-7-9-4-5-12-6-10(9)8-15-2/h3-6H,1,7-8H2,2H3,(H,13,14). The quantitative estimate of drug-likeness (QED) is 0.732. The Bertz CT molecular complexity index is 350. The van der Waals surface area contributed by atoms with Crippen molar-refractivity contribution in [2.45, 2.75) is 13.2 Å². The number of nitrogens with one attached hydrogen (secondary N) is 1. The van der Waals surface area contributed by atoms with Gasteiger partial charge in [0, 0.05) is 31.6 Å². The Morgan fingerprint density at radius 1 is 1.67 bits per heavy atom. The van der Waals surface area contributed by atoms with Gasteiger partial charge in [0.15, 0.2) is 0 Å². The number of pyridine rings is 1. The molecule has 1 heterocycles. The molecule has 0 spiro atoms. The van der Waals surface area contributed by atoms with Crippen LogP contribution in [0.25, 0.3) is 0 Å². The lowest BCUT2D eigenvalue weighted by Crippen LogP contribution is -2.20. The summed E-state index contributed by atoms with van der Waals surface area (Å²) in [5, 5.41) is 2.71. The van der Waals surface area contributed by atoms with Gasteiger partial charge in [-0.05, 0) is 17.7 Å². The first-order valence-electron chi connectivity index (χ1n) is 4.59. The number of rotatable bonds is 5. The summed E-state index contributed by atoms with van der Waals surface area (Å²) >= 11 is 0. The molecule has 0 radical (unpaired) electrons. The summed E-state index contributed by atoms with van der Waals surface area (Å²) < 4.78 is 5.03. The molecule has 0 saturated heterocycles. The van der Waals surface area contributed by atoms with Gasteiger partial charge in [-0.1, -0.05) is 6.58 Å². The predicted octanol–water partition coefficient (Wildman–Crippen LogP) is 1.03. The molecule has 0 saturated carbocycles. The lowest BCUT2D eigenvalue weighted by atomic mass is 10.1. The third-order valence-corrected chi connectivity index (χ3v) is 1.94. The summed E-state index contributed by atoms with van der Waals surface area (Å²) in [7, 11) is 1.62. The van der Waals surface area contributed by atoms with Crippen LogP contribution < -0.4 is 5.32 Å². The van der Waals surface area contributed by atoms with Crippen molar-refractivity contribution < 1.29 is 9.53 Å². The number of hydrogen-bond acceptors (Lipinski definition) is 3. The van der Waals surface area contributed by atoms with Crippen LogP contribution in [0.4, 0.5) is 0 Å². The number of carbonyl (C=O) groups is 1. The molecule has 0 bridgehead atoms. The summed E-state index contributed by atoms with van der Waals surface area (Å²) in [6.07, 6.45) is 4.67. The largest absolute Gasteiger partial charge is 0.380 e. The SMILES string of the molecule is C=CC(=O)NCc1ccncc1COC. The van der Waals surface area contributed by atoms with Gasteiger partial charge < -0.3 is 10.1 Å². The van der Waals surface area contributed by atoms with Gasteiger partial charge in [0.05, 0.1) is 6.61 Å². The zero-order chi connectivity index (χ0) is 11.1. The Hall–Kier alpha value is -1.68. The van der Waals surface area contributed by atoms with Gasteiger partial charge in [0.1, 0.15) is 0 Å². The maximum absolute atomic E-state index is 11.0. The van der Waals surface area contributed by atoms with Crippen LogP contribution in [-0.2, 0) is 22.7 Å². The van der Waals surface area contributed by atoms with Gasteiger partial charge in [-0.15, -0.1) is 0 Å². The number of nitrogens with zero attached hydrogens (tertiary/aromatic N) is 1. The van der Waals surface area contributed by atoms with E-state index in [2.05, 4.69) is 16.9 Å². The fraction of sp³-hybridized carbons (Fsp3) is 0.273. The molecular formula is C11H14N2O2. The van der Waals surface area contributed by atoms with Gasteiger partial charge in [-0.2, -0.15) is 0 Å². The minimum atomic E-state index is -0.185. The summed E-state index contributed by atoms with van der Waals surface area (Å²) in [6.45, 7) is 4.34. The lowest BCUT2D eigenvalue weighted by Gasteiger charge is -2.08. The molecule has 1 aromatic heterocycles. The summed E-state index contributed by atoms with van der Waals surface area (Å²) in [5.41, 5.74) is 1.98. The molecule has 0 fully saturated rings. The van der Waals surface area contributed by atoms with Gasteiger partial charge in [-0.3, -0.25) is 9.78 Å². The Morgan fingerprint density at radius 3 is 3.13 bits per heavy atom. The van der Waals surface area contributed by atoms with Crippen molar-refractivity contribution >= 4 is 5.91 Å². The second-order valence-corrected chi connectivity index (χ2v) is 3.00. The first kappa shape index (κ1) is 11.4. The van der Waals surface area contributed by atoms with Crippen molar-refractivity contribution in [2.24, 2.45) is 0 Å². The molecule has 0 aromatic carbocycles. The predicted molar refractivity (Wildman–Crippen MR) is 57.0 cm³/mol. The highest BCUT2D eigenvalue weighted by molar-refractivity contribution is 5.86. The van der Waals surface area contributed by atoms with Crippen LogP contribution in [-0.4, -0.2) is 18.0 Å². The van der Waals surface area contributed by atoms with E-state index in [1.807, 2.05) is 6.07 Å². The smallest absolute Gasteiger partial charge is 0.243 e. The monoisotopic (exact) mass is 206 g/mol. The van der Waals surface area contributed by atoms with Crippen molar-refractivity contribution in [3.63, 3.8) is 0 Å². The summed E-state index contributed by atoms with van der Waals surface area (Å²) in [5.74, 6) is -0.185. The Labute approximate surface area is 89.0 Å². The Balaban J connectivity index is 2.66. The average Bonchev–Trinajstić information content (AvgIpc) is 2.28. The number of ether oxygens (including phenoxy) is 1. The van der Waals surface area contributed by atoms with Crippen molar-refractivity contribution in [3.8, 4) is 0 Å². The second kappa shape index (κ2) is 5.93. The van der Waals surface area contributed by atoms with Gasteiger partial charge in [0.25, 0.3) is 0 Å². The highest BCUT2D eigenvalue weighted by Crippen LogP contribution is 2.07. The second-order valence-electron chi connectivity index (χ2n) is 3.00. The molecule has 1 amide bonds. The van der Waals surface area contributed by atoms with Crippen LogP contribution in [0.3, 0.4) is 0 Å². The van der Waals surface area contributed by atoms with Crippen LogP contribution in [0.2, 0.25) is 0 Å². The molecule has 4 nitrogen and oxygen atoms in total. The van der Waals surface area contributed by atoms with Crippen LogP contribution in [0.1, 0.15) is 11.1 Å². The molecule has 0 aliphatic carbocycles. The molecule has 0 unspecified atom stereocenters. The van der Waals surface area contributed by atoms with E-state index >= 15 is 0 Å². The third-order valence-electron chi connectivity index (χ3n) is 1.94. The first-order chi connectivity index (χ1) is 7.27. The highest BCUT2D eigenvalue weighted by atomic mass is 16.5. The molecule has 80 valence electrons. The van der Waals surface area contributed by atoms with E-state index in [0.717, 1.165) is 11.1 Å². The van der Waals surface area contributed by atoms with Gasteiger partial charge >= 0.3 is 0 Å². The van der Waals surface area contributed by atoms with Gasteiger partial charge in [-0.25, -0.2) is 0 Å². The maximum atomic E-state index is 11.0. The van der Waals surface area contributed by atoms with E-state index in [1.54, 1.807) is 19.5 Å². The normalized spacial score (nSPS) is 9.67. The van der Waals surface area contributed by atoms with Gasteiger partial charge in [0.2, 0.25) is 5.91 Å². The molecule has 4 heteroatoms. The van der Waals surface area contributed by atoms with Crippen molar-refractivity contribution in [3.05, 3.63) is 42.2 Å². The highest BCUT2D eigenvalue weighted by Gasteiger charge is 2.02. The zero-order valence-corrected chi connectivity index (χ0v) is 8.69. The summed E-state index contributed by atoms with van der Waals surface area (Å²) in [4.78, 5) is 15.0. The average molecular weight is 206 g/mol. The van der Waals surface area contributed by atoms with Crippen molar-refractivity contribution in [1.29, 1.82) is 0 Å². The van der Waals surface area contributed by atoms with E-state index in [-0.39, 0.29) is 5.91 Å². The number of carbonyl (C=O) groups excluding carboxylic acids is 1. The first-order valence-corrected chi connectivity index (χ1v) is 4.59. The summed E-state index contributed by atoms with van der Waals surface area (Å²) in [6, 6.07) is 1.86. The number of hydrogen-bond donors (Lipinski definition) is 1. The molecule has 1 aromatic rings. The lowest BCUT2D eigenvalue weighted by molar-refractivity contribution is -0.116. The third kappa shape index (κ3) is 3.52. The Kier molecular flexibility index (Phi) is 4.50. The minimum absolute atomic E-state index is 0.185. The molecule has 0 atom stereocenters. The fourth-order valence-corrected chi connectivity index (χ4v) is 1.17. The van der Waals surface area contributed by atoms with Crippen molar-refractivity contribution in [2.75, 3.05) is 7.11 Å². The van der Waals surface area contributed by atoms with E-state index in [0.29, 0.717) is 13.2 Å². The topological polar surface area (TPSA) is 51.2 Å². The minimum Gasteiger partial charge on any atom is -0.380 e.